The number of nitrogens with zero attached hydrogens (tertiary/aromatic N) is 1. The lowest BCUT2D eigenvalue weighted by Crippen LogP contribution is -2.37. The minimum absolute atomic E-state index is 0.0140. The van der Waals surface area contributed by atoms with Crippen molar-refractivity contribution < 1.29 is 32.5 Å². The van der Waals surface area contributed by atoms with Gasteiger partial charge in [0, 0.05) is 31.1 Å². The van der Waals surface area contributed by atoms with Crippen molar-refractivity contribution in [2.24, 2.45) is 0 Å². The van der Waals surface area contributed by atoms with E-state index in [2.05, 4.69) is 41.7 Å². The zero-order chi connectivity index (χ0) is 32.1. The van der Waals surface area contributed by atoms with Gasteiger partial charge in [0.05, 0.1) is 25.2 Å². The summed E-state index contributed by atoms with van der Waals surface area (Å²) in [4.78, 5) is 13.4. The van der Waals surface area contributed by atoms with Gasteiger partial charge in [-0.25, -0.2) is 8.42 Å². The van der Waals surface area contributed by atoms with E-state index in [0.717, 1.165) is 12.0 Å². The van der Waals surface area contributed by atoms with Gasteiger partial charge in [-0.15, -0.1) is 0 Å². The summed E-state index contributed by atoms with van der Waals surface area (Å²) in [6.07, 6.45) is 2.29. The highest BCUT2D eigenvalue weighted by Crippen LogP contribution is 2.40. The van der Waals surface area contributed by atoms with Crippen LogP contribution < -0.4 is 10.1 Å². The zero-order valence-corrected chi connectivity index (χ0v) is 26.3. The molecule has 0 bridgehead atoms. The number of ether oxygens (including phenoxy) is 3. The molecule has 0 aromatic heterocycles. The number of anilines is 1. The van der Waals surface area contributed by atoms with Crippen molar-refractivity contribution >= 4 is 21.6 Å². The second kappa shape index (κ2) is 13.9. The maximum atomic E-state index is 13.4. The van der Waals surface area contributed by atoms with Crippen molar-refractivity contribution in [2.45, 2.75) is 29.9 Å². The number of sulfonamides is 1. The summed E-state index contributed by atoms with van der Waals surface area (Å²) >= 11 is 0. The number of amides is 1. The normalized spacial score (nSPS) is 17.1. The minimum Gasteiger partial charge on any atom is -0.497 e. The molecular formula is C36H36N2O7S. The number of carbonyl (C=O) groups is 1. The highest BCUT2D eigenvalue weighted by atomic mass is 32.2. The summed E-state index contributed by atoms with van der Waals surface area (Å²) < 4.78 is 45.2. The number of carbonyl (C=O) groups excluding carboxylic acids is 1. The fourth-order valence-electron chi connectivity index (χ4n) is 5.91. The topological polar surface area (TPSA) is 114 Å². The second-order valence-corrected chi connectivity index (χ2v) is 13.1. The van der Waals surface area contributed by atoms with Gasteiger partial charge in [0.2, 0.25) is 16.3 Å². The predicted molar refractivity (Wildman–Crippen MR) is 175 cm³/mol. The lowest BCUT2D eigenvalue weighted by atomic mass is 9.90. The average Bonchev–Trinajstić information content (AvgIpc) is 3.46. The quantitative estimate of drug-likeness (QED) is 0.190. The van der Waals surface area contributed by atoms with Crippen LogP contribution >= 0.6 is 0 Å². The Morgan fingerprint density at radius 3 is 2.43 bits per heavy atom. The van der Waals surface area contributed by atoms with Crippen LogP contribution in [0.4, 0.5) is 5.69 Å². The van der Waals surface area contributed by atoms with E-state index in [1.54, 1.807) is 24.3 Å². The third kappa shape index (κ3) is 6.85. The molecule has 0 saturated carbocycles. The first-order chi connectivity index (χ1) is 22.4. The van der Waals surface area contributed by atoms with Crippen molar-refractivity contribution in [2.75, 3.05) is 38.7 Å². The molecule has 6 rings (SSSR count). The van der Waals surface area contributed by atoms with Crippen LogP contribution in [0, 0.1) is 0 Å². The molecule has 2 N–H and O–H groups in total. The Hall–Kier alpha value is -4.48. The van der Waals surface area contributed by atoms with E-state index in [4.69, 9.17) is 14.2 Å². The van der Waals surface area contributed by atoms with Crippen LogP contribution in [0.3, 0.4) is 0 Å². The number of benzene rings is 4. The van der Waals surface area contributed by atoms with Crippen LogP contribution in [-0.4, -0.2) is 63.4 Å². The van der Waals surface area contributed by atoms with Gasteiger partial charge in [0.1, 0.15) is 5.75 Å². The fourth-order valence-corrected chi connectivity index (χ4v) is 7.32. The van der Waals surface area contributed by atoms with E-state index in [1.807, 2.05) is 30.3 Å². The van der Waals surface area contributed by atoms with Gasteiger partial charge in [-0.3, -0.25) is 4.79 Å². The van der Waals surface area contributed by atoms with Crippen molar-refractivity contribution in [1.82, 2.24) is 4.31 Å². The largest absolute Gasteiger partial charge is 0.497 e. The van der Waals surface area contributed by atoms with E-state index < -0.39 is 22.2 Å². The molecule has 4 aromatic carbocycles. The number of aliphatic hydroxyl groups excluding tert-OH is 1. The molecule has 10 heteroatoms. The van der Waals surface area contributed by atoms with Crippen LogP contribution in [0.2, 0.25) is 0 Å². The number of hydrogen-bond acceptors (Lipinski definition) is 7. The maximum Gasteiger partial charge on any atom is 0.290 e. The molecule has 1 aliphatic heterocycles. The van der Waals surface area contributed by atoms with E-state index >= 15 is 0 Å². The van der Waals surface area contributed by atoms with Gasteiger partial charge in [-0.1, -0.05) is 60.7 Å². The first-order valence-electron chi connectivity index (χ1n) is 15.2. The van der Waals surface area contributed by atoms with Gasteiger partial charge >= 0.3 is 0 Å². The summed E-state index contributed by atoms with van der Waals surface area (Å²) in [5.74, 6) is 0.0861. The molecule has 9 nitrogen and oxygen atoms in total. The molecule has 4 aromatic rings. The molecule has 46 heavy (non-hydrogen) atoms. The van der Waals surface area contributed by atoms with Crippen LogP contribution in [0.5, 0.6) is 5.75 Å². The SMILES string of the molecule is COc1ccc(S(=O)(=O)N(CCO)CCO[C@@H]2C[C@H](c3ccc4c(c3)Cc3ccccc3-4)C=C(C(=O)Nc3ccccc3)O2)cc1. The number of aliphatic hydroxyl groups is 1. The van der Waals surface area contributed by atoms with Crippen LogP contribution in [0.25, 0.3) is 11.1 Å². The van der Waals surface area contributed by atoms with Crippen molar-refractivity contribution in [3.05, 3.63) is 126 Å². The van der Waals surface area contributed by atoms with Gasteiger partial charge in [0.25, 0.3) is 5.91 Å². The van der Waals surface area contributed by atoms with Gasteiger partial charge in [-0.2, -0.15) is 4.31 Å². The Morgan fingerprint density at radius 1 is 0.935 bits per heavy atom. The number of hydrogen-bond donors (Lipinski definition) is 2. The average molecular weight is 641 g/mol. The lowest BCUT2D eigenvalue weighted by molar-refractivity contribution is -0.143. The first kappa shape index (κ1) is 31.5. The highest BCUT2D eigenvalue weighted by Gasteiger charge is 2.31. The van der Waals surface area contributed by atoms with Crippen molar-refractivity contribution in [3.63, 3.8) is 0 Å². The van der Waals surface area contributed by atoms with E-state index in [1.165, 1.54) is 45.8 Å². The lowest BCUT2D eigenvalue weighted by Gasteiger charge is -2.30. The Balaban J connectivity index is 1.19. The first-order valence-corrected chi connectivity index (χ1v) is 16.6. The highest BCUT2D eigenvalue weighted by molar-refractivity contribution is 7.89. The number of para-hydroxylation sites is 1. The molecule has 1 heterocycles. The number of allylic oxidation sites excluding steroid dienone is 1. The van der Waals surface area contributed by atoms with Gasteiger partial charge < -0.3 is 24.6 Å². The predicted octanol–water partition coefficient (Wildman–Crippen LogP) is 5.32. The summed E-state index contributed by atoms with van der Waals surface area (Å²) in [5.41, 5.74) is 6.65. The molecule has 2 aliphatic rings. The molecule has 1 amide bonds. The Kier molecular flexibility index (Phi) is 9.51. The zero-order valence-electron chi connectivity index (χ0n) is 25.5. The molecule has 0 spiro atoms. The Labute approximate surface area is 269 Å². The maximum absolute atomic E-state index is 13.4. The Bertz CT molecular complexity index is 1830. The summed E-state index contributed by atoms with van der Waals surface area (Å²) in [6, 6.07) is 30.0. The van der Waals surface area contributed by atoms with Gasteiger partial charge in [0.15, 0.2) is 5.76 Å². The molecule has 238 valence electrons. The molecule has 1 aliphatic carbocycles. The standard InChI is InChI=1S/C36H36N2O7S/c1-43-30-12-14-31(15-13-30)46(41,42)38(17-19-39)18-20-44-35-24-27(23-34(45-35)36(40)37-29-8-3-2-4-9-29)25-11-16-33-28(21-25)22-26-7-5-6-10-32(26)33/h2-16,21,23,27,35,39H,17-20,22,24H2,1H3,(H,37,40)/t27-,35+/m1/s1. The van der Waals surface area contributed by atoms with Crippen LogP contribution in [0.15, 0.2) is 114 Å². The van der Waals surface area contributed by atoms with Crippen LogP contribution in [0.1, 0.15) is 29.0 Å². The molecule has 0 radical (unpaired) electrons. The molecule has 0 unspecified atom stereocenters. The van der Waals surface area contributed by atoms with E-state index in [9.17, 15) is 18.3 Å². The number of rotatable bonds is 12. The second-order valence-electron chi connectivity index (χ2n) is 11.2. The molecule has 0 saturated heterocycles. The van der Waals surface area contributed by atoms with Crippen molar-refractivity contribution in [1.29, 1.82) is 0 Å². The summed E-state index contributed by atoms with van der Waals surface area (Å²) in [7, 11) is -2.40. The third-order valence-corrected chi connectivity index (χ3v) is 10.2. The van der Waals surface area contributed by atoms with Gasteiger partial charge in [-0.05, 0) is 76.7 Å². The number of nitrogens with one attached hydrogen (secondary N) is 1. The fraction of sp³-hybridized carbons (Fsp3) is 0.250. The number of fused-ring (bicyclic) bond motifs is 3. The monoisotopic (exact) mass is 640 g/mol. The molecule has 2 atom stereocenters. The molecule has 0 fully saturated rings. The van der Waals surface area contributed by atoms with Crippen molar-refractivity contribution in [3.8, 4) is 16.9 Å². The molecular weight excluding hydrogens is 604 g/mol. The van der Waals surface area contributed by atoms with Crippen LogP contribution in [-0.2, 0) is 30.7 Å². The van der Waals surface area contributed by atoms with E-state index in [-0.39, 0.29) is 42.9 Å². The Morgan fingerprint density at radius 2 is 1.67 bits per heavy atom. The minimum atomic E-state index is -3.91. The third-order valence-electron chi connectivity index (χ3n) is 8.25. The number of methoxy groups -OCH3 is 1. The summed E-state index contributed by atoms with van der Waals surface area (Å²) in [5, 5.41) is 12.5. The summed E-state index contributed by atoms with van der Waals surface area (Å²) in [6.45, 7) is -0.494. The van der Waals surface area contributed by atoms with E-state index in [0.29, 0.717) is 17.9 Å². The smallest absolute Gasteiger partial charge is 0.290 e.